The Morgan fingerprint density at radius 2 is 2.19 bits per heavy atom. The molecule has 0 aromatic heterocycles. The Hall–Kier alpha value is -1.15. The van der Waals surface area contributed by atoms with Gasteiger partial charge in [-0.25, -0.2) is 0 Å². The number of rotatable bonds is 5. The van der Waals surface area contributed by atoms with E-state index in [0.29, 0.717) is 12.8 Å². The first-order chi connectivity index (χ1) is 7.65. The van der Waals surface area contributed by atoms with Crippen LogP contribution in [0.25, 0.3) is 0 Å². The zero-order valence-corrected chi connectivity index (χ0v) is 10.0. The summed E-state index contributed by atoms with van der Waals surface area (Å²) in [6.07, 6.45) is 11.2. The maximum atomic E-state index is 11.4. The third-order valence-electron chi connectivity index (χ3n) is 2.73. The molecule has 2 heteroatoms. The number of carbonyl (C=O) groups is 1. The van der Waals surface area contributed by atoms with Gasteiger partial charge < -0.3 is 5.11 Å². The highest BCUT2D eigenvalue weighted by Crippen LogP contribution is 2.21. The molecule has 2 atom stereocenters. The molecule has 1 N–H and O–H groups in total. The zero-order chi connectivity index (χ0) is 12.0. The van der Waals surface area contributed by atoms with Crippen molar-refractivity contribution in [2.75, 3.05) is 0 Å². The molecule has 0 heterocycles. The first-order valence-electron chi connectivity index (χ1n) is 5.90. The highest BCUT2D eigenvalue weighted by molar-refractivity contribution is 6.07. The van der Waals surface area contributed by atoms with E-state index in [2.05, 4.69) is 6.92 Å². The highest BCUT2D eigenvalue weighted by Gasteiger charge is 2.18. The van der Waals surface area contributed by atoms with Crippen LogP contribution >= 0.6 is 0 Å². The first kappa shape index (κ1) is 12.9. The van der Waals surface area contributed by atoms with Gasteiger partial charge in [-0.1, -0.05) is 38.2 Å². The van der Waals surface area contributed by atoms with Crippen LogP contribution in [0.1, 0.15) is 33.1 Å². The summed E-state index contributed by atoms with van der Waals surface area (Å²) in [7, 11) is 0. The Morgan fingerprint density at radius 1 is 1.44 bits per heavy atom. The van der Waals surface area contributed by atoms with E-state index in [1.165, 1.54) is 0 Å². The number of aliphatic hydroxyl groups excluding tert-OH is 1. The van der Waals surface area contributed by atoms with Crippen molar-refractivity contribution in [3.05, 3.63) is 36.0 Å². The lowest BCUT2D eigenvalue weighted by Gasteiger charge is -2.07. The van der Waals surface area contributed by atoms with Crippen LogP contribution in [-0.2, 0) is 4.79 Å². The second-order valence-corrected chi connectivity index (χ2v) is 4.18. The SMILES string of the molecule is CC/C=C\C[C@H](O)C/C=C1/C(=O)C=C[C@@H]1C. The summed E-state index contributed by atoms with van der Waals surface area (Å²) in [4.78, 5) is 11.4. The Morgan fingerprint density at radius 3 is 2.75 bits per heavy atom. The molecule has 0 aliphatic heterocycles. The van der Waals surface area contributed by atoms with Crippen LogP contribution in [0.5, 0.6) is 0 Å². The summed E-state index contributed by atoms with van der Waals surface area (Å²) >= 11 is 0. The lowest BCUT2D eigenvalue weighted by atomic mass is 10.0. The molecule has 1 aliphatic rings. The summed E-state index contributed by atoms with van der Waals surface area (Å²) in [6.45, 7) is 4.06. The van der Waals surface area contributed by atoms with Gasteiger partial charge in [-0.2, -0.15) is 0 Å². The van der Waals surface area contributed by atoms with E-state index in [4.69, 9.17) is 0 Å². The molecule has 0 aromatic rings. The minimum Gasteiger partial charge on any atom is -0.392 e. The summed E-state index contributed by atoms with van der Waals surface area (Å²) in [6, 6.07) is 0. The third-order valence-corrected chi connectivity index (χ3v) is 2.73. The van der Waals surface area contributed by atoms with Crippen LogP contribution in [0.2, 0.25) is 0 Å². The molecular weight excluding hydrogens is 200 g/mol. The standard InChI is InChI=1S/C14H20O2/c1-3-4-5-6-12(15)8-9-13-11(2)7-10-14(13)16/h4-5,7,9-12,15H,3,6,8H2,1-2H3/b5-4-,13-9+/t11-,12-/m0/s1. The first-order valence-corrected chi connectivity index (χ1v) is 5.90. The Labute approximate surface area is 97.4 Å². The number of carbonyl (C=O) groups excluding carboxylic acids is 1. The monoisotopic (exact) mass is 220 g/mol. The second-order valence-electron chi connectivity index (χ2n) is 4.18. The maximum absolute atomic E-state index is 11.4. The molecule has 0 spiro atoms. The van der Waals surface area contributed by atoms with Gasteiger partial charge in [-0.05, 0) is 25.3 Å². The predicted octanol–water partition coefficient (Wildman–Crippen LogP) is 2.80. The van der Waals surface area contributed by atoms with E-state index in [1.54, 1.807) is 6.08 Å². The van der Waals surface area contributed by atoms with Gasteiger partial charge in [-0.15, -0.1) is 0 Å². The molecule has 0 saturated heterocycles. The molecule has 0 amide bonds. The normalized spacial score (nSPS) is 24.8. The molecule has 0 bridgehead atoms. The van der Waals surface area contributed by atoms with E-state index in [9.17, 15) is 9.90 Å². The minimum atomic E-state index is -0.379. The van der Waals surface area contributed by atoms with Crippen LogP contribution in [-0.4, -0.2) is 17.0 Å². The number of ketones is 1. The van der Waals surface area contributed by atoms with Gasteiger partial charge in [0, 0.05) is 11.5 Å². The topological polar surface area (TPSA) is 37.3 Å². The summed E-state index contributed by atoms with van der Waals surface area (Å²) < 4.78 is 0. The van der Waals surface area contributed by atoms with Crippen molar-refractivity contribution < 1.29 is 9.90 Å². The lowest BCUT2D eigenvalue weighted by Crippen LogP contribution is -2.06. The van der Waals surface area contributed by atoms with Crippen molar-refractivity contribution in [3.8, 4) is 0 Å². The van der Waals surface area contributed by atoms with E-state index in [1.807, 2.05) is 31.2 Å². The van der Waals surface area contributed by atoms with Crippen molar-refractivity contribution in [3.63, 3.8) is 0 Å². The van der Waals surface area contributed by atoms with Gasteiger partial charge in [0.1, 0.15) is 0 Å². The van der Waals surface area contributed by atoms with Gasteiger partial charge >= 0.3 is 0 Å². The van der Waals surface area contributed by atoms with Crippen molar-refractivity contribution in [2.24, 2.45) is 5.92 Å². The number of allylic oxidation sites excluding steroid dienone is 4. The van der Waals surface area contributed by atoms with Crippen molar-refractivity contribution in [1.82, 2.24) is 0 Å². The average molecular weight is 220 g/mol. The van der Waals surface area contributed by atoms with Crippen molar-refractivity contribution >= 4 is 5.78 Å². The molecule has 2 nitrogen and oxygen atoms in total. The molecule has 0 unspecified atom stereocenters. The van der Waals surface area contributed by atoms with Crippen LogP contribution < -0.4 is 0 Å². The van der Waals surface area contributed by atoms with Crippen LogP contribution in [0.15, 0.2) is 36.0 Å². The fourth-order valence-corrected chi connectivity index (χ4v) is 1.72. The van der Waals surface area contributed by atoms with E-state index < -0.39 is 0 Å². The quantitative estimate of drug-likeness (QED) is 0.571. The van der Waals surface area contributed by atoms with Crippen LogP contribution in [0.3, 0.4) is 0 Å². The lowest BCUT2D eigenvalue weighted by molar-refractivity contribution is -0.111. The second kappa shape index (κ2) is 6.44. The Kier molecular flexibility index (Phi) is 5.20. The van der Waals surface area contributed by atoms with Gasteiger partial charge in [0.05, 0.1) is 6.10 Å². The molecule has 0 aromatic carbocycles. The Balaban J connectivity index is 2.41. The van der Waals surface area contributed by atoms with Gasteiger partial charge in [0.2, 0.25) is 0 Å². The molecule has 0 fully saturated rings. The van der Waals surface area contributed by atoms with Crippen molar-refractivity contribution in [1.29, 1.82) is 0 Å². The maximum Gasteiger partial charge on any atom is 0.181 e. The molecule has 88 valence electrons. The van der Waals surface area contributed by atoms with E-state index in [-0.39, 0.29) is 17.8 Å². The average Bonchev–Trinajstić information content (AvgIpc) is 2.57. The fourth-order valence-electron chi connectivity index (χ4n) is 1.72. The highest BCUT2D eigenvalue weighted by atomic mass is 16.3. The van der Waals surface area contributed by atoms with Gasteiger partial charge in [-0.3, -0.25) is 4.79 Å². The molecule has 1 rings (SSSR count). The molecule has 16 heavy (non-hydrogen) atoms. The summed E-state index contributed by atoms with van der Waals surface area (Å²) in [5.74, 6) is 0.287. The third kappa shape index (κ3) is 3.78. The molecule has 0 saturated carbocycles. The molecule has 0 radical (unpaired) electrons. The smallest absolute Gasteiger partial charge is 0.181 e. The van der Waals surface area contributed by atoms with Crippen molar-refractivity contribution in [2.45, 2.75) is 39.2 Å². The zero-order valence-electron chi connectivity index (χ0n) is 10.0. The molecule has 1 aliphatic carbocycles. The largest absolute Gasteiger partial charge is 0.392 e. The summed E-state index contributed by atoms with van der Waals surface area (Å²) in [5.41, 5.74) is 0.818. The van der Waals surface area contributed by atoms with E-state index >= 15 is 0 Å². The minimum absolute atomic E-state index is 0.0869. The van der Waals surface area contributed by atoms with Crippen LogP contribution in [0.4, 0.5) is 0 Å². The fraction of sp³-hybridized carbons (Fsp3) is 0.500. The van der Waals surface area contributed by atoms with Gasteiger partial charge in [0.15, 0.2) is 5.78 Å². The van der Waals surface area contributed by atoms with E-state index in [0.717, 1.165) is 12.0 Å². The number of aliphatic hydroxyl groups is 1. The predicted molar refractivity (Wildman–Crippen MR) is 66.1 cm³/mol. The number of hydrogen-bond donors (Lipinski definition) is 1. The Bertz CT molecular complexity index is 324. The number of hydrogen-bond acceptors (Lipinski definition) is 2. The van der Waals surface area contributed by atoms with Gasteiger partial charge in [0.25, 0.3) is 0 Å². The molecular formula is C14H20O2. The van der Waals surface area contributed by atoms with Crippen LogP contribution in [0, 0.1) is 5.92 Å². The summed E-state index contributed by atoms with van der Waals surface area (Å²) in [5, 5.41) is 9.68.